The van der Waals surface area contributed by atoms with Crippen LogP contribution in [0.25, 0.3) is 0 Å². The summed E-state index contributed by atoms with van der Waals surface area (Å²) in [6.07, 6.45) is 4.97. The molecule has 0 aromatic rings. The lowest BCUT2D eigenvalue weighted by atomic mass is 9.89. The molecule has 13 heavy (non-hydrogen) atoms. The maximum atomic E-state index is 11.2. The highest BCUT2D eigenvalue weighted by Crippen LogP contribution is 2.23. The van der Waals surface area contributed by atoms with Crippen molar-refractivity contribution in [2.75, 3.05) is 0 Å². The van der Waals surface area contributed by atoms with Crippen LogP contribution >= 0.6 is 0 Å². The van der Waals surface area contributed by atoms with E-state index in [1.165, 1.54) is 6.42 Å². The second kappa shape index (κ2) is 3.79. The molecule has 0 unspecified atom stereocenters. The van der Waals surface area contributed by atoms with Gasteiger partial charge >= 0.3 is 0 Å². The Hall–Kier alpha value is -1.03. The van der Waals surface area contributed by atoms with Crippen molar-refractivity contribution in [1.29, 1.82) is 0 Å². The minimum Gasteiger partial charge on any atom is -0.395 e. The Labute approximate surface area is 78.4 Å². The largest absolute Gasteiger partial charge is 0.395 e. The van der Waals surface area contributed by atoms with Crippen molar-refractivity contribution in [2.45, 2.75) is 37.8 Å². The Morgan fingerprint density at radius 3 is 2.31 bits per heavy atom. The van der Waals surface area contributed by atoms with Gasteiger partial charge in [0.2, 0.25) is 0 Å². The van der Waals surface area contributed by atoms with Gasteiger partial charge in [0, 0.05) is 0 Å². The van der Waals surface area contributed by atoms with E-state index in [4.69, 9.17) is 11.5 Å². The number of carbonyl (C=O) groups is 1. The summed E-state index contributed by atoms with van der Waals surface area (Å²) in [7, 11) is 0. The minimum atomic E-state index is -0.558. The number of nitrogens with two attached hydrogens (primary N) is 2. The second-order valence-corrected chi connectivity index (χ2v) is 3.70. The van der Waals surface area contributed by atoms with Crippen LogP contribution in [0.3, 0.4) is 0 Å². The Morgan fingerprint density at radius 1 is 1.31 bits per heavy atom. The lowest BCUT2D eigenvalue weighted by Crippen LogP contribution is -2.57. The highest BCUT2D eigenvalue weighted by atomic mass is 16.2. The molecule has 0 spiro atoms. The molecule has 0 bridgehead atoms. The minimum absolute atomic E-state index is 0.0235. The average molecular weight is 183 g/mol. The Morgan fingerprint density at radius 2 is 1.85 bits per heavy atom. The summed E-state index contributed by atoms with van der Waals surface area (Å²) in [5.74, 6) is -0.343. The van der Waals surface area contributed by atoms with Crippen LogP contribution in [0.2, 0.25) is 0 Å². The fourth-order valence-corrected chi connectivity index (χ4v) is 1.61. The first-order valence-electron chi connectivity index (χ1n) is 4.59. The van der Waals surface area contributed by atoms with E-state index in [9.17, 15) is 4.79 Å². The Kier molecular flexibility index (Phi) is 2.93. The number of nitrogens with one attached hydrogen (secondary N) is 1. The van der Waals surface area contributed by atoms with Crippen molar-refractivity contribution < 1.29 is 4.79 Å². The molecule has 4 nitrogen and oxygen atoms in total. The predicted octanol–water partition coefficient (Wildman–Crippen LogP) is 0.194. The van der Waals surface area contributed by atoms with Crippen LogP contribution in [0.15, 0.2) is 12.3 Å². The van der Waals surface area contributed by atoms with Gasteiger partial charge in [0.05, 0.1) is 11.4 Å². The van der Waals surface area contributed by atoms with Crippen LogP contribution in [-0.4, -0.2) is 11.6 Å². The van der Waals surface area contributed by atoms with Crippen molar-refractivity contribution in [1.82, 2.24) is 5.32 Å². The van der Waals surface area contributed by atoms with E-state index < -0.39 is 5.66 Å². The van der Waals surface area contributed by atoms with Gasteiger partial charge in [-0.25, -0.2) is 0 Å². The highest BCUT2D eigenvalue weighted by molar-refractivity contribution is 5.92. The molecule has 1 fully saturated rings. The molecule has 0 saturated heterocycles. The van der Waals surface area contributed by atoms with Crippen molar-refractivity contribution in [3.05, 3.63) is 12.3 Å². The van der Waals surface area contributed by atoms with E-state index in [1.807, 2.05) is 0 Å². The molecule has 0 heterocycles. The molecule has 0 aromatic carbocycles. The van der Waals surface area contributed by atoms with Crippen LogP contribution in [0.1, 0.15) is 32.1 Å². The zero-order chi connectivity index (χ0) is 9.90. The van der Waals surface area contributed by atoms with Crippen molar-refractivity contribution in [2.24, 2.45) is 11.5 Å². The summed E-state index contributed by atoms with van der Waals surface area (Å²) in [4.78, 5) is 11.2. The zero-order valence-corrected chi connectivity index (χ0v) is 7.81. The summed E-state index contributed by atoms with van der Waals surface area (Å²) >= 11 is 0. The molecule has 1 amide bonds. The van der Waals surface area contributed by atoms with E-state index in [2.05, 4.69) is 11.9 Å². The summed E-state index contributed by atoms with van der Waals surface area (Å²) in [6, 6.07) is 0. The first kappa shape index (κ1) is 10.1. The van der Waals surface area contributed by atoms with E-state index in [0.717, 1.165) is 25.7 Å². The fraction of sp³-hybridized carbons (Fsp3) is 0.667. The molecular formula is C9H17N3O. The molecule has 0 aromatic heterocycles. The number of hydrogen-bond acceptors (Lipinski definition) is 3. The molecule has 4 heteroatoms. The molecule has 1 aliphatic carbocycles. The quantitative estimate of drug-likeness (QED) is 0.422. The van der Waals surface area contributed by atoms with Gasteiger partial charge in [-0.1, -0.05) is 13.0 Å². The third kappa shape index (κ3) is 2.73. The molecule has 1 saturated carbocycles. The van der Waals surface area contributed by atoms with Gasteiger partial charge in [-0.15, -0.1) is 0 Å². The molecule has 74 valence electrons. The third-order valence-electron chi connectivity index (χ3n) is 2.40. The van der Waals surface area contributed by atoms with Crippen LogP contribution in [0.5, 0.6) is 0 Å². The topological polar surface area (TPSA) is 81.1 Å². The maximum absolute atomic E-state index is 11.2. The molecule has 0 radical (unpaired) electrons. The van der Waals surface area contributed by atoms with Gasteiger partial charge < -0.3 is 16.8 Å². The zero-order valence-electron chi connectivity index (χ0n) is 7.81. The molecular weight excluding hydrogens is 166 g/mol. The number of rotatable bonds is 2. The predicted molar refractivity (Wildman–Crippen MR) is 51.5 cm³/mol. The van der Waals surface area contributed by atoms with E-state index >= 15 is 0 Å². The standard InChI is InChI=1S/C9H17N3O/c1-7(10)8(13)12-9(11)5-3-2-4-6-9/h1-6,10-11H2,(H,12,13). The van der Waals surface area contributed by atoms with Gasteiger partial charge in [-0.05, 0) is 25.7 Å². The summed E-state index contributed by atoms with van der Waals surface area (Å²) in [5, 5.41) is 2.71. The number of carbonyl (C=O) groups excluding carboxylic acids is 1. The SMILES string of the molecule is C=C(N)C(=O)NC1(N)CCCCC1. The summed E-state index contributed by atoms with van der Waals surface area (Å²) < 4.78 is 0. The Bertz CT molecular complexity index is 219. The number of amides is 1. The van der Waals surface area contributed by atoms with Gasteiger partial charge in [-0.3, -0.25) is 4.79 Å². The highest BCUT2D eigenvalue weighted by Gasteiger charge is 2.28. The van der Waals surface area contributed by atoms with Gasteiger partial charge in [0.15, 0.2) is 0 Å². The first-order valence-corrected chi connectivity index (χ1v) is 4.59. The van der Waals surface area contributed by atoms with E-state index in [0.29, 0.717) is 0 Å². The van der Waals surface area contributed by atoms with Crippen molar-refractivity contribution >= 4 is 5.91 Å². The maximum Gasteiger partial charge on any atom is 0.267 e. The Balaban J connectivity index is 2.50. The molecule has 0 aliphatic heterocycles. The van der Waals surface area contributed by atoms with E-state index in [-0.39, 0.29) is 11.6 Å². The summed E-state index contributed by atoms with van der Waals surface area (Å²) in [5.41, 5.74) is 10.7. The van der Waals surface area contributed by atoms with Crippen LogP contribution in [0, 0.1) is 0 Å². The lowest BCUT2D eigenvalue weighted by molar-refractivity contribution is -0.119. The normalized spacial score (nSPS) is 20.7. The van der Waals surface area contributed by atoms with Gasteiger partial charge in [-0.2, -0.15) is 0 Å². The molecule has 5 N–H and O–H groups in total. The smallest absolute Gasteiger partial charge is 0.267 e. The van der Waals surface area contributed by atoms with Crippen molar-refractivity contribution in [3.8, 4) is 0 Å². The second-order valence-electron chi connectivity index (χ2n) is 3.70. The van der Waals surface area contributed by atoms with Crippen LogP contribution in [0.4, 0.5) is 0 Å². The van der Waals surface area contributed by atoms with E-state index in [1.54, 1.807) is 0 Å². The van der Waals surface area contributed by atoms with Gasteiger partial charge in [0.25, 0.3) is 5.91 Å². The molecule has 0 atom stereocenters. The first-order chi connectivity index (χ1) is 6.03. The number of hydrogen-bond donors (Lipinski definition) is 3. The lowest BCUT2D eigenvalue weighted by Gasteiger charge is -2.34. The monoisotopic (exact) mass is 183 g/mol. The third-order valence-corrected chi connectivity index (χ3v) is 2.40. The molecule has 1 aliphatic rings. The fourth-order valence-electron chi connectivity index (χ4n) is 1.61. The van der Waals surface area contributed by atoms with Gasteiger partial charge in [0.1, 0.15) is 0 Å². The average Bonchev–Trinajstić information content (AvgIpc) is 2.04. The van der Waals surface area contributed by atoms with Crippen molar-refractivity contribution in [3.63, 3.8) is 0 Å². The molecule has 1 rings (SSSR count). The summed E-state index contributed by atoms with van der Waals surface area (Å²) in [6.45, 7) is 3.36. The van der Waals surface area contributed by atoms with Crippen LogP contribution < -0.4 is 16.8 Å². The van der Waals surface area contributed by atoms with Crippen LogP contribution in [-0.2, 0) is 4.79 Å².